The molecule has 1 N–H and O–H groups in total. The molecule has 2 fully saturated rings. The third-order valence-corrected chi connectivity index (χ3v) is 7.12. The summed E-state index contributed by atoms with van der Waals surface area (Å²) in [6.07, 6.45) is 11.6. The van der Waals surface area contributed by atoms with Crippen molar-refractivity contribution in [2.75, 3.05) is 0 Å². The minimum Gasteiger partial charge on any atom is -0.392 e. The van der Waals surface area contributed by atoms with E-state index in [2.05, 4.69) is 46.4 Å². The maximum Gasteiger partial charge on any atom is 0.0616 e. The summed E-state index contributed by atoms with van der Waals surface area (Å²) < 4.78 is 0. The van der Waals surface area contributed by atoms with Crippen LogP contribution in [0.5, 0.6) is 0 Å². The van der Waals surface area contributed by atoms with E-state index in [9.17, 15) is 5.11 Å². The van der Waals surface area contributed by atoms with Crippen LogP contribution < -0.4 is 0 Å². The minimum absolute atomic E-state index is 0.138. The molecule has 1 heteroatoms. The van der Waals surface area contributed by atoms with E-state index in [1.807, 2.05) is 0 Å². The maximum absolute atomic E-state index is 10.9. The van der Waals surface area contributed by atoms with Gasteiger partial charge >= 0.3 is 0 Å². The Labute approximate surface area is 130 Å². The first kappa shape index (κ1) is 15.3. The van der Waals surface area contributed by atoms with Crippen molar-refractivity contribution in [2.24, 2.45) is 28.1 Å². The van der Waals surface area contributed by atoms with Gasteiger partial charge in [0.15, 0.2) is 0 Å². The van der Waals surface area contributed by atoms with Gasteiger partial charge in [0.1, 0.15) is 0 Å². The van der Waals surface area contributed by atoms with Crippen molar-refractivity contribution in [1.82, 2.24) is 0 Å². The van der Waals surface area contributed by atoms with Gasteiger partial charge in [-0.15, -0.1) is 6.58 Å². The molecule has 0 unspecified atom stereocenters. The van der Waals surface area contributed by atoms with E-state index in [1.165, 1.54) is 37.7 Å². The predicted octanol–water partition coefficient (Wildman–Crippen LogP) is 5.11. The van der Waals surface area contributed by atoms with Crippen LogP contribution in [0.4, 0.5) is 0 Å². The van der Waals surface area contributed by atoms with E-state index >= 15 is 0 Å². The van der Waals surface area contributed by atoms with E-state index in [0.29, 0.717) is 11.8 Å². The first-order chi connectivity index (χ1) is 9.72. The molecule has 0 aromatic heterocycles. The fourth-order valence-electron chi connectivity index (χ4n) is 6.19. The van der Waals surface area contributed by atoms with Gasteiger partial charge in [0.05, 0.1) is 6.10 Å². The molecule has 0 saturated heterocycles. The fourth-order valence-corrected chi connectivity index (χ4v) is 6.19. The second-order valence-electron chi connectivity index (χ2n) is 9.12. The maximum atomic E-state index is 10.9. The highest BCUT2D eigenvalue weighted by molar-refractivity contribution is 5.27. The van der Waals surface area contributed by atoms with Gasteiger partial charge in [0.25, 0.3) is 0 Å². The quantitative estimate of drug-likeness (QED) is 0.665. The minimum atomic E-state index is -0.167. The Kier molecular flexibility index (Phi) is 3.44. The molecule has 118 valence electrons. The second-order valence-corrected chi connectivity index (χ2v) is 9.12. The van der Waals surface area contributed by atoms with Crippen molar-refractivity contribution >= 4 is 0 Å². The van der Waals surface area contributed by atoms with Crippen molar-refractivity contribution < 1.29 is 5.11 Å². The summed E-state index contributed by atoms with van der Waals surface area (Å²) >= 11 is 0. The lowest BCUT2D eigenvalue weighted by molar-refractivity contribution is -0.124. The molecule has 0 aromatic rings. The van der Waals surface area contributed by atoms with E-state index in [0.717, 1.165) is 6.42 Å². The highest BCUT2D eigenvalue weighted by Gasteiger charge is 2.57. The van der Waals surface area contributed by atoms with Crippen molar-refractivity contribution in [1.29, 1.82) is 0 Å². The molecule has 2 saturated carbocycles. The molecule has 21 heavy (non-hydrogen) atoms. The van der Waals surface area contributed by atoms with Crippen LogP contribution in [0.15, 0.2) is 24.3 Å². The Morgan fingerprint density at radius 3 is 2.57 bits per heavy atom. The second kappa shape index (κ2) is 4.72. The lowest BCUT2D eigenvalue weighted by atomic mass is 9.45. The van der Waals surface area contributed by atoms with Gasteiger partial charge in [-0.05, 0) is 54.8 Å². The first-order valence-electron chi connectivity index (χ1n) is 8.75. The van der Waals surface area contributed by atoms with Gasteiger partial charge in [0.2, 0.25) is 0 Å². The molecule has 0 heterocycles. The summed E-state index contributed by atoms with van der Waals surface area (Å²) in [6, 6.07) is 0. The Balaban J connectivity index is 2.03. The van der Waals surface area contributed by atoms with Crippen LogP contribution in [-0.2, 0) is 0 Å². The number of aliphatic hydroxyl groups is 1. The molecule has 5 atom stereocenters. The number of hydrogen-bond acceptors (Lipinski definition) is 1. The largest absolute Gasteiger partial charge is 0.392 e. The SMILES string of the molecule is C=C[C@]1(C)C=C2C[C@@H](O)[C@H]3C(C)(C)CCC[C@]3(C)[C@H]2CC1. The summed E-state index contributed by atoms with van der Waals surface area (Å²) in [4.78, 5) is 0. The average Bonchev–Trinajstić information content (AvgIpc) is 2.36. The number of fused-ring (bicyclic) bond motifs is 3. The Morgan fingerprint density at radius 2 is 1.90 bits per heavy atom. The van der Waals surface area contributed by atoms with Crippen molar-refractivity contribution in [2.45, 2.75) is 72.3 Å². The number of allylic oxidation sites excluding steroid dienone is 2. The van der Waals surface area contributed by atoms with E-state index < -0.39 is 0 Å². The molecule has 0 amide bonds. The monoisotopic (exact) mass is 288 g/mol. The summed E-state index contributed by atoms with van der Waals surface area (Å²) in [7, 11) is 0. The zero-order valence-corrected chi connectivity index (χ0v) is 14.3. The number of hydrogen-bond donors (Lipinski definition) is 1. The van der Waals surface area contributed by atoms with E-state index in [-0.39, 0.29) is 22.3 Å². The molecule has 3 rings (SSSR count). The lowest BCUT2D eigenvalue weighted by Crippen LogP contribution is -2.56. The fraction of sp³-hybridized carbons (Fsp3) is 0.800. The van der Waals surface area contributed by atoms with Crippen molar-refractivity contribution in [3.63, 3.8) is 0 Å². The van der Waals surface area contributed by atoms with Crippen molar-refractivity contribution in [3.8, 4) is 0 Å². The van der Waals surface area contributed by atoms with Crippen LogP contribution in [0, 0.1) is 28.1 Å². The van der Waals surface area contributed by atoms with Gasteiger partial charge in [-0.1, -0.05) is 51.8 Å². The summed E-state index contributed by atoms with van der Waals surface area (Å²) in [5, 5.41) is 10.9. The Hall–Kier alpha value is -0.560. The van der Waals surface area contributed by atoms with Crippen LogP contribution in [0.2, 0.25) is 0 Å². The average molecular weight is 288 g/mol. The molecular formula is C20H32O. The summed E-state index contributed by atoms with van der Waals surface area (Å²) in [5.41, 5.74) is 2.22. The Bertz CT molecular complexity index is 474. The van der Waals surface area contributed by atoms with E-state index in [1.54, 1.807) is 0 Å². The summed E-state index contributed by atoms with van der Waals surface area (Å²) in [6.45, 7) is 13.5. The molecule has 0 aliphatic heterocycles. The zero-order chi connectivity index (χ0) is 15.5. The van der Waals surface area contributed by atoms with Crippen LogP contribution in [0.1, 0.15) is 66.2 Å². The molecule has 0 spiro atoms. The highest BCUT2D eigenvalue weighted by Crippen LogP contribution is 2.63. The number of aliphatic hydroxyl groups excluding tert-OH is 1. The van der Waals surface area contributed by atoms with Gasteiger partial charge in [-0.3, -0.25) is 0 Å². The number of rotatable bonds is 1. The smallest absolute Gasteiger partial charge is 0.0616 e. The molecule has 0 aromatic carbocycles. The van der Waals surface area contributed by atoms with Crippen LogP contribution in [0.25, 0.3) is 0 Å². The zero-order valence-electron chi connectivity index (χ0n) is 14.3. The molecule has 1 nitrogen and oxygen atoms in total. The molecule has 0 bridgehead atoms. The normalized spacial score (nSPS) is 48.8. The molecule has 0 radical (unpaired) electrons. The third-order valence-electron chi connectivity index (χ3n) is 7.12. The molecular weight excluding hydrogens is 256 g/mol. The van der Waals surface area contributed by atoms with Crippen molar-refractivity contribution in [3.05, 3.63) is 24.3 Å². The van der Waals surface area contributed by atoms with Gasteiger partial charge in [0, 0.05) is 5.41 Å². The van der Waals surface area contributed by atoms with Crippen LogP contribution in [0.3, 0.4) is 0 Å². The standard InChI is InChI=1S/C20H32O/c1-6-19(4)11-8-15-14(13-19)12-16(21)17-18(2,3)9-7-10-20(15,17)5/h6,13,15-17,21H,1,7-12H2,2-5H3/t15-,16+,17-,19-,20+/m0/s1. The predicted molar refractivity (Wildman–Crippen MR) is 89.0 cm³/mol. The highest BCUT2D eigenvalue weighted by atomic mass is 16.3. The summed E-state index contributed by atoms with van der Waals surface area (Å²) in [5.74, 6) is 1.13. The third kappa shape index (κ3) is 2.23. The van der Waals surface area contributed by atoms with Crippen LogP contribution >= 0.6 is 0 Å². The lowest BCUT2D eigenvalue weighted by Gasteiger charge is -2.61. The molecule has 3 aliphatic carbocycles. The molecule has 3 aliphatic rings. The van der Waals surface area contributed by atoms with Crippen LogP contribution in [-0.4, -0.2) is 11.2 Å². The topological polar surface area (TPSA) is 20.2 Å². The first-order valence-corrected chi connectivity index (χ1v) is 8.75. The van der Waals surface area contributed by atoms with Gasteiger partial charge in [-0.25, -0.2) is 0 Å². The Morgan fingerprint density at radius 1 is 1.19 bits per heavy atom. The van der Waals surface area contributed by atoms with Gasteiger partial charge in [-0.2, -0.15) is 0 Å². The van der Waals surface area contributed by atoms with E-state index in [4.69, 9.17) is 0 Å². The van der Waals surface area contributed by atoms with Gasteiger partial charge < -0.3 is 5.11 Å².